The van der Waals surface area contributed by atoms with Crippen LogP contribution in [0.3, 0.4) is 0 Å². The minimum absolute atomic E-state index is 0.0150. The quantitative estimate of drug-likeness (QED) is 0.781. The van der Waals surface area contributed by atoms with E-state index in [1.54, 1.807) is 12.4 Å². The number of aliphatic imine (C=N–C) groups is 1. The van der Waals surface area contributed by atoms with Crippen molar-refractivity contribution in [2.45, 2.75) is 37.2 Å². The fraction of sp³-hybridized carbons (Fsp3) is 0.478. The van der Waals surface area contributed by atoms with Crippen LogP contribution >= 0.6 is 11.6 Å². The van der Waals surface area contributed by atoms with Crippen molar-refractivity contribution in [1.82, 2.24) is 4.98 Å². The molecule has 6 rings (SSSR count). The molecule has 0 bridgehead atoms. The lowest BCUT2D eigenvalue weighted by Gasteiger charge is -2.47. The maximum Gasteiger partial charge on any atom is 0.283 e. The Kier molecular flexibility index (Phi) is 4.59. The Hall–Kier alpha value is -2.35. The molecule has 8 heteroatoms. The summed E-state index contributed by atoms with van der Waals surface area (Å²) in [7, 11) is 0. The van der Waals surface area contributed by atoms with E-state index in [9.17, 15) is 0 Å². The van der Waals surface area contributed by atoms with Gasteiger partial charge in [-0.2, -0.15) is 0 Å². The van der Waals surface area contributed by atoms with Crippen LogP contribution in [0, 0.1) is 11.8 Å². The fourth-order valence-electron chi connectivity index (χ4n) is 4.81. The van der Waals surface area contributed by atoms with Crippen molar-refractivity contribution in [2.75, 3.05) is 19.8 Å². The van der Waals surface area contributed by atoms with Crippen molar-refractivity contribution in [3.63, 3.8) is 0 Å². The number of amidine groups is 1. The van der Waals surface area contributed by atoms with Crippen molar-refractivity contribution < 1.29 is 18.9 Å². The number of fused-ring (bicyclic) bond motifs is 4. The maximum absolute atomic E-state index is 6.27. The molecule has 1 spiro atoms. The van der Waals surface area contributed by atoms with Crippen LogP contribution in [-0.2, 0) is 19.7 Å². The Morgan fingerprint density at radius 3 is 2.87 bits per heavy atom. The lowest BCUT2D eigenvalue weighted by Crippen LogP contribution is -2.54. The van der Waals surface area contributed by atoms with Gasteiger partial charge in [0.15, 0.2) is 0 Å². The van der Waals surface area contributed by atoms with Crippen molar-refractivity contribution in [3.8, 4) is 16.9 Å². The zero-order valence-corrected chi connectivity index (χ0v) is 17.8. The van der Waals surface area contributed by atoms with Crippen LogP contribution in [0.4, 0.5) is 0 Å². The van der Waals surface area contributed by atoms with E-state index < -0.39 is 11.8 Å². The van der Waals surface area contributed by atoms with Crippen molar-refractivity contribution >= 4 is 17.6 Å². The van der Waals surface area contributed by atoms with Crippen LogP contribution in [0.5, 0.6) is 5.75 Å². The van der Waals surface area contributed by atoms with E-state index in [0.29, 0.717) is 24.2 Å². The molecule has 4 aliphatic rings. The highest BCUT2D eigenvalue weighted by molar-refractivity contribution is 6.30. The van der Waals surface area contributed by atoms with Gasteiger partial charge in [-0.15, -0.1) is 0 Å². The van der Waals surface area contributed by atoms with Gasteiger partial charge in [-0.3, -0.25) is 4.98 Å². The average Bonchev–Trinajstić information content (AvgIpc) is 3.53. The first kappa shape index (κ1) is 19.3. The minimum Gasteiger partial charge on any atom is -0.464 e. The first-order chi connectivity index (χ1) is 15.1. The molecule has 4 heterocycles. The Balaban J connectivity index is 1.38. The predicted molar refractivity (Wildman–Crippen MR) is 115 cm³/mol. The Labute approximate surface area is 185 Å². The summed E-state index contributed by atoms with van der Waals surface area (Å²) in [6.45, 7) is 1.67. The van der Waals surface area contributed by atoms with Gasteiger partial charge < -0.3 is 24.7 Å². The lowest BCUT2D eigenvalue weighted by molar-refractivity contribution is -0.210. The predicted octanol–water partition coefficient (Wildman–Crippen LogP) is 3.49. The molecular weight excluding hydrogens is 418 g/mol. The molecule has 1 saturated carbocycles. The molecule has 1 saturated heterocycles. The number of rotatable bonds is 4. The van der Waals surface area contributed by atoms with Crippen molar-refractivity contribution in [3.05, 3.63) is 47.2 Å². The molecule has 1 aliphatic carbocycles. The summed E-state index contributed by atoms with van der Waals surface area (Å²) in [5, 5.41) is 0.587. The Morgan fingerprint density at radius 1 is 1.19 bits per heavy atom. The van der Waals surface area contributed by atoms with E-state index in [2.05, 4.69) is 11.1 Å². The van der Waals surface area contributed by atoms with Gasteiger partial charge in [0.2, 0.25) is 6.29 Å². The number of pyridine rings is 1. The van der Waals surface area contributed by atoms with E-state index >= 15 is 0 Å². The Morgan fingerprint density at radius 2 is 2.10 bits per heavy atom. The fourth-order valence-corrected chi connectivity index (χ4v) is 4.98. The SMILES string of the molecule is NC1=N[C@@]2(CO1)c1cc(-c3cncc(Cl)c3)ccc1OC1OC[C@H](OCC3CC3)C[C@@H]12. The number of hydrogen-bond donors (Lipinski definition) is 1. The third kappa shape index (κ3) is 3.45. The van der Waals surface area contributed by atoms with E-state index in [-0.39, 0.29) is 18.0 Å². The summed E-state index contributed by atoms with van der Waals surface area (Å²) >= 11 is 6.17. The van der Waals surface area contributed by atoms with Gasteiger partial charge >= 0.3 is 0 Å². The molecule has 1 unspecified atom stereocenters. The molecule has 1 aromatic heterocycles. The molecule has 7 nitrogen and oxygen atoms in total. The summed E-state index contributed by atoms with van der Waals surface area (Å²) in [4.78, 5) is 9.03. The van der Waals surface area contributed by atoms with E-state index in [4.69, 9.17) is 41.3 Å². The van der Waals surface area contributed by atoms with E-state index in [1.165, 1.54) is 12.8 Å². The number of halogens is 1. The van der Waals surface area contributed by atoms with Crippen LogP contribution < -0.4 is 10.5 Å². The number of nitrogens with two attached hydrogens (primary N) is 1. The molecular formula is C23H24ClN3O4. The summed E-state index contributed by atoms with van der Waals surface area (Å²) in [6, 6.07) is 8.12. The van der Waals surface area contributed by atoms with E-state index in [0.717, 1.165) is 35.5 Å². The van der Waals surface area contributed by atoms with Gasteiger partial charge in [0.25, 0.3) is 6.02 Å². The summed E-state index contributed by atoms with van der Waals surface area (Å²) < 4.78 is 24.2. The first-order valence-corrected chi connectivity index (χ1v) is 11.1. The van der Waals surface area contributed by atoms with Crippen molar-refractivity contribution in [1.29, 1.82) is 0 Å². The zero-order valence-electron chi connectivity index (χ0n) is 17.0. The molecule has 162 valence electrons. The second-order valence-electron chi connectivity index (χ2n) is 8.83. The van der Waals surface area contributed by atoms with Crippen LogP contribution in [-0.4, -0.2) is 43.2 Å². The van der Waals surface area contributed by atoms with Gasteiger partial charge in [0.1, 0.15) is 17.9 Å². The highest BCUT2D eigenvalue weighted by Gasteiger charge is 2.56. The molecule has 0 amide bonds. The summed E-state index contributed by atoms with van der Waals surface area (Å²) in [5.74, 6) is 1.37. The molecule has 0 radical (unpaired) electrons. The van der Waals surface area contributed by atoms with Crippen LogP contribution in [0.2, 0.25) is 5.02 Å². The first-order valence-electron chi connectivity index (χ1n) is 10.7. The van der Waals surface area contributed by atoms with Gasteiger partial charge in [0.05, 0.1) is 23.7 Å². The molecule has 4 atom stereocenters. The van der Waals surface area contributed by atoms with Crippen LogP contribution in [0.25, 0.3) is 11.1 Å². The molecule has 2 aromatic rings. The summed E-state index contributed by atoms with van der Waals surface area (Å²) in [6.07, 6.45) is 6.31. The second-order valence-corrected chi connectivity index (χ2v) is 9.26. The third-order valence-corrected chi connectivity index (χ3v) is 6.85. The van der Waals surface area contributed by atoms with E-state index in [1.807, 2.05) is 18.2 Å². The molecule has 31 heavy (non-hydrogen) atoms. The topological polar surface area (TPSA) is 88.2 Å². The highest BCUT2D eigenvalue weighted by atomic mass is 35.5. The molecule has 3 aliphatic heterocycles. The number of hydrogen-bond acceptors (Lipinski definition) is 7. The zero-order chi connectivity index (χ0) is 21.0. The number of ether oxygens (including phenoxy) is 4. The number of aromatic nitrogens is 1. The molecule has 2 N–H and O–H groups in total. The molecule has 2 fully saturated rings. The third-order valence-electron chi connectivity index (χ3n) is 6.65. The highest BCUT2D eigenvalue weighted by Crippen LogP contribution is 2.52. The molecule has 1 aromatic carbocycles. The monoisotopic (exact) mass is 441 g/mol. The normalized spacial score (nSPS) is 31.4. The standard InChI is InChI=1S/C23H24ClN3O4/c24-16-5-15(8-26-9-16)14-3-4-20-18(6-14)23(12-30-22(25)27-23)19-7-17(11-29-21(19)31-20)28-10-13-1-2-13/h3-6,8-9,13,17,19,21H,1-2,7,10-12H2,(H2,25,27)/t17-,19+,21?,23+/m1/s1. The smallest absolute Gasteiger partial charge is 0.283 e. The number of benzene rings is 1. The largest absolute Gasteiger partial charge is 0.464 e. The van der Waals surface area contributed by atoms with Gasteiger partial charge in [-0.25, -0.2) is 4.99 Å². The van der Waals surface area contributed by atoms with Crippen molar-refractivity contribution in [2.24, 2.45) is 22.6 Å². The van der Waals surface area contributed by atoms with Crippen LogP contribution in [0.15, 0.2) is 41.7 Å². The van der Waals surface area contributed by atoms with Gasteiger partial charge in [-0.1, -0.05) is 17.7 Å². The summed E-state index contributed by atoms with van der Waals surface area (Å²) in [5.41, 5.74) is 8.19. The second kappa shape index (κ2) is 7.36. The van der Waals surface area contributed by atoms with Gasteiger partial charge in [0, 0.05) is 30.1 Å². The maximum atomic E-state index is 6.27. The minimum atomic E-state index is -0.675. The lowest BCUT2D eigenvalue weighted by atomic mass is 9.72. The number of nitrogens with zero attached hydrogens (tertiary/aromatic N) is 2. The Bertz CT molecular complexity index is 1040. The van der Waals surface area contributed by atoms with Gasteiger partial charge in [-0.05, 0) is 48.9 Å². The van der Waals surface area contributed by atoms with Crippen LogP contribution in [0.1, 0.15) is 24.8 Å². The average molecular weight is 442 g/mol.